The summed E-state index contributed by atoms with van der Waals surface area (Å²) in [6.07, 6.45) is -3.77. The van der Waals surface area contributed by atoms with Crippen LogP contribution >= 0.6 is 34.8 Å². The summed E-state index contributed by atoms with van der Waals surface area (Å²) < 4.78 is 38.9. The van der Waals surface area contributed by atoms with E-state index >= 15 is 0 Å². The van der Waals surface area contributed by atoms with Gasteiger partial charge in [-0.05, 0) is 18.2 Å². The van der Waals surface area contributed by atoms with Crippen LogP contribution in [0.25, 0.3) is 11.3 Å². The number of benzene rings is 1. The third-order valence-electron chi connectivity index (χ3n) is 2.98. The highest BCUT2D eigenvalue weighted by Gasteiger charge is 2.20. The van der Waals surface area contributed by atoms with Crippen LogP contribution in [-0.4, -0.2) is 31.3 Å². The highest BCUT2D eigenvalue weighted by Crippen LogP contribution is 2.42. The Labute approximate surface area is 161 Å². The number of halogens is 5. The first-order valence-electron chi connectivity index (χ1n) is 6.85. The van der Waals surface area contributed by atoms with Gasteiger partial charge in [-0.25, -0.2) is 18.6 Å². The summed E-state index contributed by atoms with van der Waals surface area (Å²) in [5.74, 6) is -0.452. The molecule has 0 radical (unpaired) electrons. The molecule has 0 amide bonds. The van der Waals surface area contributed by atoms with Gasteiger partial charge < -0.3 is 19.9 Å². The molecule has 2 rings (SSSR count). The van der Waals surface area contributed by atoms with Gasteiger partial charge in [0, 0.05) is 5.56 Å². The van der Waals surface area contributed by atoms with Gasteiger partial charge >= 0.3 is 6.16 Å². The topological polar surface area (TPSA) is 83.7 Å². The van der Waals surface area contributed by atoms with Crippen LogP contribution in [0.15, 0.2) is 18.2 Å². The lowest BCUT2D eigenvalue weighted by molar-refractivity contribution is 0.0820. The summed E-state index contributed by atoms with van der Waals surface area (Å²) in [5, 5.41) is -0.151. The molecule has 6 nitrogen and oxygen atoms in total. The molecule has 0 aliphatic carbocycles. The van der Waals surface area contributed by atoms with Crippen LogP contribution < -0.4 is 15.2 Å². The highest BCUT2D eigenvalue weighted by atomic mass is 35.5. The molecule has 26 heavy (non-hydrogen) atoms. The molecule has 1 aromatic heterocycles. The Bertz CT molecular complexity index is 837. The van der Waals surface area contributed by atoms with Gasteiger partial charge in [0.15, 0.2) is 5.75 Å². The van der Waals surface area contributed by atoms with Gasteiger partial charge in [-0.3, -0.25) is 0 Å². The van der Waals surface area contributed by atoms with Gasteiger partial charge in [-0.2, -0.15) is 0 Å². The van der Waals surface area contributed by atoms with E-state index in [9.17, 15) is 13.6 Å². The summed E-state index contributed by atoms with van der Waals surface area (Å²) >= 11 is 18.1. The Hall–Kier alpha value is -2.03. The van der Waals surface area contributed by atoms with Crippen LogP contribution in [0.3, 0.4) is 0 Å². The molecule has 0 bridgehead atoms. The van der Waals surface area contributed by atoms with E-state index in [1.807, 2.05) is 0 Å². The van der Waals surface area contributed by atoms with Gasteiger partial charge in [0.05, 0.1) is 28.5 Å². The number of anilines is 1. The zero-order valence-corrected chi connectivity index (χ0v) is 15.3. The van der Waals surface area contributed by atoms with Crippen LogP contribution in [0.2, 0.25) is 15.1 Å². The molecule has 0 atom stereocenters. The van der Waals surface area contributed by atoms with Gasteiger partial charge in [0.25, 0.3) is 6.43 Å². The fourth-order valence-electron chi connectivity index (χ4n) is 1.86. The van der Waals surface area contributed by atoms with Crippen molar-refractivity contribution in [1.29, 1.82) is 0 Å². The van der Waals surface area contributed by atoms with Crippen molar-refractivity contribution in [3.8, 4) is 22.9 Å². The molecule has 0 fully saturated rings. The van der Waals surface area contributed by atoms with Gasteiger partial charge in [-0.1, -0.05) is 34.8 Å². The molecule has 0 saturated heterocycles. The molecule has 2 N–H and O–H groups in total. The standard InChI is InChI=1S/C15H11Cl3F2N2O4/c1-24-15(23)26-14-12(18)8(21)4-9(22-14)6-2-3-7(16)13(11(6)17)25-5-10(19)20/h2-4,10H,5H2,1H3,(H2,21,22). The van der Waals surface area contributed by atoms with Gasteiger partial charge in [0.2, 0.25) is 5.88 Å². The maximum Gasteiger partial charge on any atom is 0.514 e. The van der Waals surface area contributed by atoms with E-state index in [4.69, 9.17) is 50.0 Å². The molecule has 140 valence electrons. The van der Waals surface area contributed by atoms with Crippen molar-refractivity contribution >= 4 is 46.6 Å². The SMILES string of the molecule is COC(=O)Oc1nc(-c2ccc(Cl)c(OCC(F)F)c2Cl)cc(N)c1Cl. The first kappa shape index (κ1) is 20.3. The predicted octanol–water partition coefficient (Wildman–Crippen LogP) is 5.08. The van der Waals surface area contributed by atoms with Crippen molar-refractivity contribution in [2.45, 2.75) is 6.43 Å². The molecule has 1 aromatic carbocycles. The van der Waals surface area contributed by atoms with E-state index in [1.165, 1.54) is 18.2 Å². The summed E-state index contributed by atoms with van der Waals surface area (Å²) in [6.45, 7) is -0.893. The Morgan fingerprint density at radius 3 is 2.58 bits per heavy atom. The smallest absolute Gasteiger partial charge is 0.484 e. The number of rotatable bonds is 5. The molecule has 11 heteroatoms. The summed E-state index contributed by atoms with van der Waals surface area (Å²) in [5.41, 5.74) is 6.22. The van der Waals surface area contributed by atoms with Gasteiger partial charge in [-0.15, -0.1) is 0 Å². The Kier molecular flexibility index (Phi) is 6.69. The van der Waals surface area contributed by atoms with E-state index in [0.717, 1.165) is 7.11 Å². The zero-order valence-electron chi connectivity index (χ0n) is 13.1. The number of hydrogen-bond donors (Lipinski definition) is 1. The molecule has 2 aromatic rings. The third kappa shape index (κ3) is 4.57. The summed E-state index contributed by atoms with van der Waals surface area (Å²) in [4.78, 5) is 15.3. The Morgan fingerprint density at radius 2 is 1.96 bits per heavy atom. The van der Waals surface area contributed by atoms with Crippen LogP contribution in [0.5, 0.6) is 11.6 Å². The van der Waals surface area contributed by atoms with Crippen molar-refractivity contribution in [2.75, 3.05) is 19.5 Å². The number of aromatic nitrogens is 1. The minimum atomic E-state index is -2.71. The van der Waals surface area contributed by atoms with Crippen LogP contribution in [0, 0.1) is 0 Å². The van der Waals surface area contributed by atoms with Crippen molar-refractivity contribution in [3.63, 3.8) is 0 Å². The van der Waals surface area contributed by atoms with Gasteiger partial charge in [0.1, 0.15) is 11.6 Å². The van der Waals surface area contributed by atoms with E-state index in [2.05, 4.69) is 9.72 Å². The number of nitrogens with two attached hydrogens (primary N) is 1. The van der Waals surface area contributed by atoms with E-state index in [1.54, 1.807) is 0 Å². The number of carbonyl (C=O) groups is 1. The van der Waals surface area contributed by atoms with Crippen LogP contribution in [0.4, 0.5) is 19.3 Å². The number of alkyl halides is 2. The van der Waals surface area contributed by atoms with Crippen molar-refractivity contribution in [3.05, 3.63) is 33.3 Å². The van der Waals surface area contributed by atoms with Crippen LogP contribution in [-0.2, 0) is 4.74 Å². The molecule has 0 aliphatic rings. The third-order valence-corrected chi connectivity index (χ3v) is 4.03. The van der Waals surface area contributed by atoms with Crippen molar-refractivity contribution in [1.82, 2.24) is 4.98 Å². The maximum absolute atomic E-state index is 12.4. The summed E-state index contributed by atoms with van der Waals surface area (Å²) in [7, 11) is 1.10. The second-order valence-corrected chi connectivity index (χ2v) is 5.88. The fraction of sp³-hybridized carbons (Fsp3) is 0.200. The average Bonchev–Trinajstić information content (AvgIpc) is 2.58. The molecule has 0 unspecified atom stereocenters. The fourth-order valence-corrected chi connectivity index (χ4v) is 2.57. The second kappa shape index (κ2) is 8.57. The number of pyridine rings is 1. The first-order chi connectivity index (χ1) is 12.2. The minimum absolute atomic E-state index is 0.0346. The normalized spacial score (nSPS) is 10.7. The van der Waals surface area contributed by atoms with Crippen molar-refractivity contribution in [2.24, 2.45) is 0 Å². The number of carbonyl (C=O) groups excluding carboxylic acids is 1. The lowest BCUT2D eigenvalue weighted by Gasteiger charge is -2.14. The van der Waals surface area contributed by atoms with E-state index in [-0.39, 0.29) is 43.6 Å². The minimum Gasteiger partial charge on any atom is -0.484 e. The number of methoxy groups -OCH3 is 1. The molecule has 0 spiro atoms. The Morgan fingerprint density at radius 1 is 1.27 bits per heavy atom. The highest BCUT2D eigenvalue weighted by molar-refractivity contribution is 6.39. The average molecular weight is 428 g/mol. The monoisotopic (exact) mass is 426 g/mol. The largest absolute Gasteiger partial charge is 0.514 e. The van der Waals surface area contributed by atoms with Crippen LogP contribution in [0.1, 0.15) is 0 Å². The summed E-state index contributed by atoms with van der Waals surface area (Å²) in [6, 6.07) is 4.22. The lowest BCUT2D eigenvalue weighted by Crippen LogP contribution is -2.10. The maximum atomic E-state index is 12.4. The molecular formula is C15H11Cl3F2N2O4. The molecular weight excluding hydrogens is 417 g/mol. The number of hydrogen-bond acceptors (Lipinski definition) is 6. The van der Waals surface area contributed by atoms with Crippen molar-refractivity contribution < 1.29 is 27.8 Å². The number of nitrogens with zero attached hydrogens (tertiary/aromatic N) is 1. The van der Waals surface area contributed by atoms with E-state index in [0.29, 0.717) is 0 Å². The number of ether oxygens (including phenoxy) is 3. The lowest BCUT2D eigenvalue weighted by atomic mass is 10.1. The number of nitrogen functional groups attached to an aromatic ring is 1. The van der Waals surface area contributed by atoms with E-state index < -0.39 is 19.2 Å². The molecule has 0 aliphatic heterocycles. The first-order valence-corrected chi connectivity index (χ1v) is 7.99. The molecule has 0 saturated carbocycles. The predicted molar refractivity (Wildman–Crippen MR) is 93.6 cm³/mol. The quantitative estimate of drug-likeness (QED) is 0.670. The molecule has 1 heterocycles. The Balaban J connectivity index is 2.51. The zero-order chi connectivity index (χ0) is 19.4. The second-order valence-electron chi connectivity index (χ2n) is 4.71.